The largest absolute Gasteiger partial charge is 0.481 e. The molecule has 0 fully saturated rings. The molecule has 0 heterocycles. The predicted molar refractivity (Wildman–Crippen MR) is 58.6 cm³/mol. The van der Waals surface area contributed by atoms with E-state index in [-0.39, 0.29) is 17.5 Å². The van der Waals surface area contributed by atoms with Gasteiger partial charge in [0.15, 0.2) is 0 Å². The van der Waals surface area contributed by atoms with E-state index in [1.54, 1.807) is 23.9 Å². The third kappa shape index (κ3) is 4.83. The monoisotopic (exact) mass is 228 g/mol. The summed E-state index contributed by atoms with van der Waals surface area (Å²) in [5, 5.41) is 8.73. The minimum atomic E-state index is -0.776. The lowest BCUT2D eigenvalue weighted by molar-refractivity contribution is -0.137. The van der Waals surface area contributed by atoms with E-state index in [1.165, 1.54) is 12.1 Å². The molecule has 0 radical (unpaired) electrons. The summed E-state index contributed by atoms with van der Waals surface area (Å²) in [5.41, 5.74) is 0. The fourth-order valence-electron chi connectivity index (χ4n) is 1.13. The molecular weight excluding hydrogens is 215 g/mol. The van der Waals surface area contributed by atoms with Gasteiger partial charge in [0.25, 0.3) is 0 Å². The molecule has 1 unspecified atom stereocenters. The summed E-state index contributed by atoms with van der Waals surface area (Å²) in [6.07, 6.45) is 0.798. The Balaban J connectivity index is 2.40. The summed E-state index contributed by atoms with van der Waals surface area (Å²) < 4.78 is 12.6. The molecule has 0 aliphatic rings. The van der Waals surface area contributed by atoms with Crippen LogP contribution in [0.5, 0.6) is 0 Å². The Hall–Kier alpha value is -1.03. The fraction of sp³-hybridized carbons (Fsp3) is 0.364. The van der Waals surface area contributed by atoms with Crippen molar-refractivity contribution in [1.29, 1.82) is 0 Å². The van der Waals surface area contributed by atoms with Gasteiger partial charge in [0.1, 0.15) is 5.82 Å². The molecule has 1 aromatic rings. The minimum Gasteiger partial charge on any atom is -0.481 e. The Morgan fingerprint density at radius 2 is 2.07 bits per heavy atom. The SMILES string of the molecule is CC(CCC(=O)O)Sc1ccc(F)cc1. The first-order valence-electron chi connectivity index (χ1n) is 4.72. The van der Waals surface area contributed by atoms with E-state index in [0.717, 1.165) is 4.90 Å². The van der Waals surface area contributed by atoms with Crippen LogP contribution in [0.15, 0.2) is 29.2 Å². The highest BCUT2D eigenvalue weighted by Gasteiger charge is 2.07. The Bertz CT molecular complexity index is 324. The molecule has 0 saturated heterocycles. The maximum atomic E-state index is 12.6. The number of aliphatic carboxylic acids is 1. The number of rotatable bonds is 5. The zero-order valence-electron chi connectivity index (χ0n) is 8.44. The lowest BCUT2D eigenvalue weighted by Gasteiger charge is -2.09. The topological polar surface area (TPSA) is 37.3 Å². The molecule has 0 amide bonds. The quantitative estimate of drug-likeness (QED) is 0.786. The van der Waals surface area contributed by atoms with E-state index < -0.39 is 5.97 Å². The zero-order chi connectivity index (χ0) is 11.3. The van der Waals surface area contributed by atoms with Crippen molar-refractivity contribution in [3.63, 3.8) is 0 Å². The van der Waals surface area contributed by atoms with E-state index in [2.05, 4.69) is 0 Å². The molecule has 1 aromatic carbocycles. The highest BCUT2D eigenvalue weighted by Crippen LogP contribution is 2.25. The molecule has 0 aliphatic carbocycles. The molecule has 1 N–H and O–H groups in total. The van der Waals surface area contributed by atoms with Gasteiger partial charge in [0, 0.05) is 16.6 Å². The van der Waals surface area contributed by atoms with Gasteiger partial charge in [-0.1, -0.05) is 6.92 Å². The Morgan fingerprint density at radius 1 is 1.47 bits per heavy atom. The van der Waals surface area contributed by atoms with Crippen molar-refractivity contribution in [2.75, 3.05) is 0 Å². The third-order valence-corrected chi connectivity index (χ3v) is 3.10. The van der Waals surface area contributed by atoms with Gasteiger partial charge >= 0.3 is 5.97 Å². The van der Waals surface area contributed by atoms with Crippen molar-refractivity contribution < 1.29 is 14.3 Å². The zero-order valence-corrected chi connectivity index (χ0v) is 9.26. The van der Waals surface area contributed by atoms with Crippen LogP contribution in [0.4, 0.5) is 4.39 Å². The average molecular weight is 228 g/mol. The normalized spacial score (nSPS) is 12.4. The fourth-order valence-corrected chi connectivity index (χ4v) is 2.12. The number of benzene rings is 1. The summed E-state index contributed by atoms with van der Waals surface area (Å²) >= 11 is 1.56. The Morgan fingerprint density at radius 3 is 2.60 bits per heavy atom. The highest BCUT2D eigenvalue weighted by atomic mass is 32.2. The van der Waals surface area contributed by atoms with E-state index in [9.17, 15) is 9.18 Å². The molecule has 1 rings (SSSR count). The molecule has 0 aromatic heterocycles. The molecule has 82 valence electrons. The number of hydrogen-bond acceptors (Lipinski definition) is 2. The van der Waals surface area contributed by atoms with Crippen molar-refractivity contribution in [1.82, 2.24) is 0 Å². The van der Waals surface area contributed by atoms with Crippen LogP contribution in [0.25, 0.3) is 0 Å². The van der Waals surface area contributed by atoms with Crippen molar-refractivity contribution >= 4 is 17.7 Å². The molecule has 15 heavy (non-hydrogen) atoms. The molecule has 2 nitrogen and oxygen atoms in total. The Kier molecular flexibility index (Phi) is 4.62. The molecule has 0 aliphatic heterocycles. The van der Waals surface area contributed by atoms with Gasteiger partial charge in [0.2, 0.25) is 0 Å². The van der Waals surface area contributed by atoms with Crippen LogP contribution < -0.4 is 0 Å². The second-order valence-corrected chi connectivity index (χ2v) is 4.83. The first-order chi connectivity index (χ1) is 7.08. The smallest absolute Gasteiger partial charge is 0.303 e. The van der Waals surface area contributed by atoms with Crippen LogP contribution >= 0.6 is 11.8 Å². The van der Waals surface area contributed by atoms with Crippen LogP contribution in [0.2, 0.25) is 0 Å². The molecule has 0 saturated carbocycles. The van der Waals surface area contributed by atoms with Crippen molar-refractivity contribution in [3.8, 4) is 0 Å². The van der Waals surface area contributed by atoms with E-state index >= 15 is 0 Å². The summed E-state index contributed by atoms with van der Waals surface area (Å²) in [7, 11) is 0. The van der Waals surface area contributed by atoms with Gasteiger partial charge in [-0.2, -0.15) is 0 Å². The van der Waals surface area contributed by atoms with Gasteiger partial charge in [-0.05, 0) is 30.7 Å². The number of halogens is 1. The van der Waals surface area contributed by atoms with Crippen LogP contribution in [-0.4, -0.2) is 16.3 Å². The maximum absolute atomic E-state index is 12.6. The van der Waals surface area contributed by atoms with Crippen molar-refractivity contribution in [2.24, 2.45) is 0 Å². The molecule has 0 bridgehead atoms. The Labute approximate surface area is 92.5 Å². The van der Waals surface area contributed by atoms with E-state index in [4.69, 9.17) is 5.11 Å². The first kappa shape index (κ1) is 12.0. The average Bonchev–Trinajstić information content (AvgIpc) is 2.19. The minimum absolute atomic E-state index is 0.176. The predicted octanol–water partition coefficient (Wildman–Crippen LogP) is 3.17. The van der Waals surface area contributed by atoms with Crippen molar-refractivity contribution in [3.05, 3.63) is 30.1 Å². The summed E-state index contributed by atoms with van der Waals surface area (Å²) in [4.78, 5) is 11.3. The number of carbonyl (C=O) groups is 1. The maximum Gasteiger partial charge on any atom is 0.303 e. The van der Waals surface area contributed by atoms with Crippen LogP contribution in [0, 0.1) is 5.82 Å². The third-order valence-electron chi connectivity index (χ3n) is 1.92. The number of carboxylic acids is 1. The molecule has 0 spiro atoms. The van der Waals surface area contributed by atoms with Crippen LogP contribution in [0.1, 0.15) is 19.8 Å². The van der Waals surface area contributed by atoms with E-state index in [0.29, 0.717) is 6.42 Å². The lowest BCUT2D eigenvalue weighted by Crippen LogP contribution is -2.01. The number of carboxylic acid groups (broad SMARTS) is 1. The number of hydrogen-bond donors (Lipinski definition) is 1. The first-order valence-corrected chi connectivity index (χ1v) is 5.60. The number of thioether (sulfide) groups is 1. The van der Waals surface area contributed by atoms with Crippen LogP contribution in [-0.2, 0) is 4.79 Å². The van der Waals surface area contributed by atoms with Gasteiger partial charge in [0.05, 0.1) is 0 Å². The molecule has 1 atom stereocenters. The molecular formula is C11H13FO2S. The highest BCUT2D eigenvalue weighted by molar-refractivity contribution is 7.99. The molecule has 4 heteroatoms. The van der Waals surface area contributed by atoms with E-state index in [1.807, 2.05) is 6.92 Å². The van der Waals surface area contributed by atoms with Gasteiger partial charge in [-0.15, -0.1) is 11.8 Å². The van der Waals surface area contributed by atoms with Gasteiger partial charge in [-0.25, -0.2) is 4.39 Å². The standard InChI is InChI=1S/C11H13FO2S/c1-8(2-7-11(13)14)15-10-5-3-9(12)4-6-10/h3-6,8H,2,7H2,1H3,(H,13,14). The summed E-state index contributed by atoms with van der Waals surface area (Å²) in [6, 6.07) is 6.23. The summed E-state index contributed by atoms with van der Waals surface area (Å²) in [5.74, 6) is -1.03. The second kappa shape index (κ2) is 5.75. The van der Waals surface area contributed by atoms with Gasteiger partial charge < -0.3 is 5.11 Å². The van der Waals surface area contributed by atoms with Crippen molar-refractivity contribution in [2.45, 2.75) is 29.9 Å². The lowest BCUT2D eigenvalue weighted by atomic mass is 10.2. The van der Waals surface area contributed by atoms with Crippen LogP contribution in [0.3, 0.4) is 0 Å². The summed E-state index contributed by atoms with van der Waals surface area (Å²) in [6.45, 7) is 1.97. The second-order valence-electron chi connectivity index (χ2n) is 3.31. The van der Waals surface area contributed by atoms with Gasteiger partial charge in [-0.3, -0.25) is 4.79 Å².